The van der Waals surface area contributed by atoms with Crippen LogP contribution in [0.4, 0.5) is 5.69 Å². The van der Waals surface area contributed by atoms with E-state index in [1.165, 1.54) is 17.0 Å². The number of sulfonamides is 1. The molecule has 0 radical (unpaired) electrons. The molecule has 220 valence electrons. The Kier molecular flexibility index (Phi) is 11.1. The number of carbonyl (C=O) groups is 2. The van der Waals surface area contributed by atoms with E-state index in [0.29, 0.717) is 32.7 Å². The van der Waals surface area contributed by atoms with Gasteiger partial charge >= 0.3 is 0 Å². The number of carbonyl (C=O) groups excluding carboxylic acids is 2. The van der Waals surface area contributed by atoms with E-state index in [4.69, 9.17) is 34.8 Å². The standard InChI is InChI=1S/C30H34Cl3N3O4S/c1-19(2)16-34-30(38)22(5)35(17-24-26(32)9-6-10-27(24)33)29(37)18-36(28-11-7-8-25(31)21(28)4)41(39,40)23-14-12-20(3)13-15-23/h6-15,19,22H,16-18H2,1-5H3,(H,34,38). The van der Waals surface area contributed by atoms with Gasteiger partial charge in [0.25, 0.3) is 10.0 Å². The first-order valence-corrected chi connectivity index (χ1v) is 15.7. The average molecular weight is 639 g/mol. The number of aryl methyl sites for hydroxylation is 1. The van der Waals surface area contributed by atoms with Crippen molar-refractivity contribution in [3.8, 4) is 0 Å². The normalized spacial score (nSPS) is 12.2. The third-order valence-electron chi connectivity index (χ3n) is 6.64. The largest absolute Gasteiger partial charge is 0.354 e. The van der Waals surface area contributed by atoms with Crippen LogP contribution < -0.4 is 9.62 Å². The van der Waals surface area contributed by atoms with Crippen LogP contribution in [0.25, 0.3) is 0 Å². The summed E-state index contributed by atoms with van der Waals surface area (Å²) in [4.78, 5) is 28.5. The fourth-order valence-corrected chi connectivity index (χ4v) is 6.26. The molecule has 11 heteroatoms. The number of rotatable bonds is 11. The van der Waals surface area contributed by atoms with E-state index in [9.17, 15) is 18.0 Å². The fourth-order valence-electron chi connectivity index (χ4n) is 4.11. The zero-order chi connectivity index (χ0) is 30.5. The van der Waals surface area contributed by atoms with Gasteiger partial charge in [-0.25, -0.2) is 8.42 Å². The molecule has 3 aromatic rings. The van der Waals surface area contributed by atoms with Crippen molar-refractivity contribution in [2.24, 2.45) is 5.92 Å². The molecule has 0 saturated carbocycles. The lowest BCUT2D eigenvalue weighted by atomic mass is 10.1. The Hall–Kier alpha value is -2.78. The molecule has 0 bridgehead atoms. The predicted molar refractivity (Wildman–Crippen MR) is 166 cm³/mol. The van der Waals surface area contributed by atoms with Crippen LogP contribution >= 0.6 is 34.8 Å². The first-order chi connectivity index (χ1) is 19.2. The van der Waals surface area contributed by atoms with E-state index >= 15 is 0 Å². The second kappa shape index (κ2) is 13.9. The molecule has 0 saturated heterocycles. The zero-order valence-corrected chi connectivity index (χ0v) is 26.7. The van der Waals surface area contributed by atoms with Crippen molar-refractivity contribution in [3.05, 3.63) is 92.4 Å². The summed E-state index contributed by atoms with van der Waals surface area (Å²) in [5.41, 5.74) is 2.06. The van der Waals surface area contributed by atoms with Crippen LogP contribution in [0.5, 0.6) is 0 Å². The highest BCUT2D eigenvalue weighted by atomic mass is 35.5. The summed E-state index contributed by atoms with van der Waals surface area (Å²) >= 11 is 19.2. The summed E-state index contributed by atoms with van der Waals surface area (Å²) in [6, 6.07) is 15.2. The Morgan fingerprint density at radius 3 is 2.00 bits per heavy atom. The summed E-state index contributed by atoms with van der Waals surface area (Å²) in [5.74, 6) is -0.820. The molecule has 0 heterocycles. The highest BCUT2D eigenvalue weighted by Crippen LogP contribution is 2.32. The molecule has 3 rings (SSSR count). The molecule has 7 nitrogen and oxygen atoms in total. The first kappa shape index (κ1) is 32.7. The maximum atomic E-state index is 14.1. The van der Waals surface area contributed by atoms with E-state index in [-0.39, 0.29) is 29.0 Å². The Morgan fingerprint density at radius 2 is 1.41 bits per heavy atom. The van der Waals surface area contributed by atoms with Gasteiger partial charge in [-0.2, -0.15) is 0 Å². The summed E-state index contributed by atoms with van der Waals surface area (Å²) < 4.78 is 29.0. The molecule has 41 heavy (non-hydrogen) atoms. The molecule has 3 aromatic carbocycles. The van der Waals surface area contributed by atoms with Crippen molar-refractivity contribution in [3.63, 3.8) is 0 Å². The minimum Gasteiger partial charge on any atom is -0.354 e. The van der Waals surface area contributed by atoms with Gasteiger partial charge in [-0.15, -0.1) is 0 Å². The summed E-state index contributed by atoms with van der Waals surface area (Å²) in [7, 11) is -4.22. The van der Waals surface area contributed by atoms with Gasteiger partial charge in [0.2, 0.25) is 11.8 Å². The van der Waals surface area contributed by atoms with E-state index in [1.807, 2.05) is 20.8 Å². The number of hydrogen-bond acceptors (Lipinski definition) is 4. The van der Waals surface area contributed by atoms with Crippen LogP contribution in [0, 0.1) is 19.8 Å². The first-order valence-electron chi connectivity index (χ1n) is 13.1. The Balaban J connectivity index is 2.10. The second-order valence-electron chi connectivity index (χ2n) is 10.2. The SMILES string of the molecule is Cc1ccc(S(=O)(=O)N(CC(=O)N(Cc2c(Cl)cccc2Cl)C(C)C(=O)NCC(C)C)c2cccc(Cl)c2C)cc1. The van der Waals surface area contributed by atoms with Crippen molar-refractivity contribution in [1.29, 1.82) is 0 Å². The number of halogens is 3. The van der Waals surface area contributed by atoms with Crippen LogP contribution in [0.2, 0.25) is 15.1 Å². The van der Waals surface area contributed by atoms with Gasteiger partial charge < -0.3 is 10.2 Å². The molecule has 1 atom stereocenters. The van der Waals surface area contributed by atoms with Crippen LogP contribution in [0.15, 0.2) is 65.6 Å². The van der Waals surface area contributed by atoms with Gasteiger partial charge in [0.15, 0.2) is 0 Å². The number of anilines is 1. The van der Waals surface area contributed by atoms with Crippen molar-refractivity contribution >= 4 is 62.3 Å². The lowest BCUT2D eigenvalue weighted by molar-refractivity contribution is -0.139. The fraction of sp³-hybridized carbons (Fsp3) is 0.333. The number of amides is 2. The van der Waals surface area contributed by atoms with Gasteiger partial charge in [-0.3, -0.25) is 13.9 Å². The van der Waals surface area contributed by atoms with Crippen molar-refractivity contribution < 1.29 is 18.0 Å². The Morgan fingerprint density at radius 1 is 0.854 bits per heavy atom. The average Bonchev–Trinajstić information content (AvgIpc) is 2.91. The van der Waals surface area contributed by atoms with E-state index in [1.54, 1.807) is 62.4 Å². The molecule has 2 amide bonds. The molecule has 0 aliphatic heterocycles. The highest BCUT2D eigenvalue weighted by molar-refractivity contribution is 7.92. The van der Waals surface area contributed by atoms with Crippen LogP contribution in [-0.2, 0) is 26.2 Å². The lowest BCUT2D eigenvalue weighted by Gasteiger charge is -2.33. The molecule has 0 spiro atoms. The van der Waals surface area contributed by atoms with Gasteiger partial charge in [0.05, 0.1) is 10.6 Å². The predicted octanol–water partition coefficient (Wildman–Crippen LogP) is 6.65. The Bertz CT molecular complexity index is 1490. The van der Waals surface area contributed by atoms with Gasteiger partial charge in [-0.1, -0.05) is 78.5 Å². The molecule has 1 unspecified atom stereocenters. The molecule has 0 aliphatic carbocycles. The van der Waals surface area contributed by atoms with Crippen LogP contribution in [0.3, 0.4) is 0 Å². The van der Waals surface area contributed by atoms with Crippen molar-refractivity contribution in [1.82, 2.24) is 10.2 Å². The van der Waals surface area contributed by atoms with Crippen LogP contribution in [0.1, 0.15) is 37.5 Å². The van der Waals surface area contributed by atoms with E-state index in [0.717, 1.165) is 9.87 Å². The Labute approximate surface area is 257 Å². The summed E-state index contributed by atoms with van der Waals surface area (Å²) in [6.45, 7) is 8.74. The van der Waals surface area contributed by atoms with E-state index < -0.39 is 28.5 Å². The molecule has 0 aromatic heterocycles. The third kappa shape index (κ3) is 7.95. The van der Waals surface area contributed by atoms with Gasteiger partial charge in [0.1, 0.15) is 12.6 Å². The smallest absolute Gasteiger partial charge is 0.264 e. The second-order valence-corrected chi connectivity index (χ2v) is 13.3. The van der Waals surface area contributed by atoms with Gasteiger partial charge in [-0.05, 0) is 68.7 Å². The third-order valence-corrected chi connectivity index (χ3v) is 9.53. The minimum atomic E-state index is -4.22. The molecule has 0 fully saturated rings. The molecular weight excluding hydrogens is 605 g/mol. The number of benzene rings is 3. The molecule has 0 aliphatic rings. The quantitative estimate of drug-likeness (QED) is 0.255. The number of nitrogens with one attached hydrogen (secondary N) is 1. The van der Waals surface area contributed by atoms with E-state index in [2.05, 4.69) is 5.32 Å². The number of nitrogens with zero attached hydrogens (tertiary/aromatic N) is 2. The number of hydrogen-bond donors (Lipinski definition) is 1. The zero-order valence-electron chi connectivity index (χ0n) is 23.6. The molecule has 1 N–H and O–H groups in total. The lowest BCUT2D eigenvalue weighted by Crippen LogP contribution is -2.51. The minimum absolute atomic E-state index is 0.0127. The highest BCUT2D eigenvalue weighted by Gasteiger charge is 2.34. The van der Waals surface area contributed by atoms with Gasteiger partial charge in [0, 0.05) is 33.7 Å². The maximum Gasteiger partial charge on any atom is 0.264 e. The maximum absolute atomic E-state index is 14.1. The summed E-state index contributed by atoms with van der Waals surface area (Å²) in [6.07, 6.45) is 0. The van der Waals surface area contributed by atoms with Crippen LogP contribution in [-0.4, -0.2) is 44.3 Å². The molecular formula is C30H34Cl3N3O4S. The summed E-state index contributed by atoms with van der Waals surface area (Å²) in [5, 5.41) is 3.83. The van der Waals surface area contributed by atoms with Crippen molar-refractivity contribution in [2.75, 3.05) is 17.4 Å². The van der Waals surface area contributed by atoms with Crippen molar-refractivity contribution in [2.45, 2.75) is 52.1 Å². The topological polar surface area (TPSA) is 86.8 Å². The monoisotopic (exact) mass is 637 g/mol.